The summed E-state index contributed by atoms with van der Waals surface area (Å²) < 4.78 is 0. The van der Waals surface area contributed by atoms with Crippen LogP contribution in [-0.4, -0.2) is 26.7 Å². The van der Waals surface area contributed by atoms with Gasteiger partial charge in [-0.05, 0) is 87.6 Å². The third-order valence-corrected chi connectivity index (χ3v) is 5.14. The van der Waals surface area contributed by atoms with Crippen molar-refractivity contribution in [2.75, 3.05) is 26.7 Å². The molecule has 0 aliphatic heterocycles. The summed E-state index contributed by atoms with van der Waals surface area (Å²) in [5.74, 6) is 0. The maximum atomic E-state index is 2.40. The van der Waals surface area contributed by atoms with Gasteiger partial charge in [-0.3, -0.25) is 0 Å². The molecule has 0 heterocycles. The Kier molecular flexibility index (Phi) is 5.62. The van der Waals surface area contributed by atoms with Crippen molar-refractivity contribution in [2.24, 2.45) is 0 Å². The molecule has 0 amide bonds. The molecule has 1 aromatic rings. The highest BCUT2D eigenvalue weighted by Crippen LogP contribution is 2.38. The van der Waals surface area contributed by atoms with Crippen LogP contribution in [0.25, 0.3) is 0 Å². The molecular weight excluding hydrogens is 242 g/mol. The van der Waals surface area contributed by atoms with Gasteiger partial charge < -0.3 is 0 Å². The van der Waals surface area contributed by atoms with E-state index in [2.05, 4.69) is 53.5 Å². The van der Waals surface area contributed by atoms with Gasteiger partial charge in [-0.15, -0.1) is 15.8 Å². The molecule has 0 radical (unpaired) electrons. The lowest BCUT2D eigenvalue weighted by Crippen LogP contribution is -2.01. The average molecular weight is 268 g/mol. The van der Waals surface area contributed by atoms with Crippen molar-refractivity contribution in [3.05, 3.63) is 33.9 Å². The number of benzene rings is 1. The van der Waals surface area contributed by atoms with Crippen LogP contribution in [0, 0.1) is 20.8 Å². The van der Waals surface area contributed by atoms with E-state index in [-0.39, 0.29) is 15.8 Å². The van der Waals surface area contributed by atoms with Gasteiger partial charge in [0.2, 0.25) is 0 Å². The molecule has 17 heavy (non-hydrogen) atoms. The second-order valence-corrected chi connectivity index (χ2v) is 10.5. The predicted molar refractivity (Wildman–Crippen MR) is 85.6 cm³/mol. The number of hydrogen-bond donors (Lipinski definition) is 0. The molecule has 0 N–H and O–H groups in total. The predicted octanol–water partition coefficient (Wildman–Crippen LogP) is 5.09. The van der Waals surface area contributed by atoms with Crippen molar-refractivity contribution in [2.45, 2.75) is 33.1 Å². The Balaban J connectivity index is 3.22. The first-order chi connectivity index (χ1) is 7.82. The smallest absolute Gasteiger partial charge is 0.00727 e. The Hall–Kier alpha value is 0.0800. The quantitative estimate of drug-likeness (QED) is 0.667. The van der Waals surface area contributed by atoms with Crippen LogP contribution in [0.3, 0.4) is 0 Å². The van der Waals surface area contributed by atoms with Gasteiger partial charge in [0.15, 0.2) is 0 Å². The molecular formula is C15H26P2. The molecule has 0 unspecified atom stereocenters. The Morgan fingerprint density at radius 1 is 0.765 bits per heavy atom. The summed E-state index contributed by atoms with van der Waals surface area (Å²) in [6.45, 7) is 16.4. The van der Waals surface area contributed by atoms with Crippen LogP contribution in [0.15, 0.2) is 6.07 Å². The van der Waals surface area contributed by atoms with Crippen LogP contribution in [0.1, 0.15) is 27.8 Å². The third-order valence-electron chi connectivity index (χ3n) is 3.24. The SMILES string of the molecule is Cc1cc(C)c(CP(C)C)c(C)c1CP(C)C. The average Bonchev–Trinajstić information content (AvgIpc) is 2.18. The summed E-state index contributed by atoms with van der Waals surface area (Å²) in [4.78, 5) is 0. The first-order valence-corrected chi connectivity index (χ1v) is 11.0. The molecule has 0 bridgehead atoms. The molecule has 1 rings (SSSR count). The van der Waals surface area contributed by atoms with Gasteiger partial charge in [-0.25, -0.2) is 0 Å². The number of hydrogen-bond acceptors (Lipinski definition) is 0. The number of aryl methyl sites for hydroxylation is 2. The Morgan fingerprint density at radius 2 is 1.12 bits per heavy atom. The fourth-order valence-electron chi connectivity index (χ4n) is 2.39. The summed E-state index contributed by atoms with van der Waals surface area (Å²) in [6.07, 6.45) is 2.57. The molecule has 0 spiro atoms. The van der Waals surface area contributed by atoms with E-state index in [1.165, 1.54) is 23.5 Å². The van der Waals surface area contributed by atoms with Crippen LogP contribution in [0.4, 0.5) is 0 Å². The molecule has 0 aromatic heterocycles. The van der Waals surface area contributed by atoms with Crippen molar-refractivity contribution in [3.8, 4) is 0 Å². The lowest BCUT2D eigenvalue weighted by molar-refractivity contribution is 1.14. The first-order valence-electron chi connectivity index (χ1n) is 6.21. The molecule has 2 heteroatoms. The fourth-order valence-corrected chi connectivity index (χ4v) is 4.63. The highest BCUT2D eigenvalue weighted by molar-refractivity contribution is 7.55. The van der Waals surface area contributed by atoms with Crippen molar-refractivity contribution in [1.82, 2.24) is 0 Å². The fraction of sp³-hybridized carbons (Fsp3) is 0.600. The highest BCUT2D eigenvalue weighted by atomic mass is 31.1. The van der Waals surface area contributed by atoms with Crippen LogP contribution < -0.4 is 0 Å². The maximum Gasteiger partial charge on any atom is -0.00727 e. The lowest BCUT2D eigenvalue weighted by atomic mass is 9.95. The molecule has 1 aromatic carbocycles. The second-order valence-electron chi connectivity index (χ2n) is 5.57. The maximum absolute atomic E-state index is 2.40. The molecule has 0 saturated heterocycles. The molecule has 0 nitrogen and oxygen atoms in total. The Morgan fingerprint density at radius 3 is 1.41 bits per heavy atom. The Bertz CT molecular complexity index is 358. The van der Waals surface area contributed by atoms with E-state index < -0.39 is 0 Å². The van der Waals surface area contributed by atoms with E-state index in [1.807, 2.05) is 0 Å². The molecule has 0 aliphatic rings. The van der Waals surface area contributed by atoms with E-state index >= 15 is 0 Å². The number of rotatable bonds is 4. The zero-order valence-corrected chi connectivity index (χ0v) is 14.2. The van der Waals surface area contributed by atoms with Crippen LogP contribution in [-0.2, 0) is 12.3 Å². The van der Waals surface area contributed by atoms with Crippen molar-refractivity contribution in [3.63, 3.8) is 0 Å². The van der Waals surface area contributed by atoms with Gasteiger partial charge in [0.1, 0.15) is 0 Å². The van der Waals surface area contributed by atoms with E-state index in [9.17, 15) is 0 Å². The largest absolute Gasteiger partial charge is 0.109 e. The third kappa shape index (κ3) is 4.04. The molecule has 0 aliphatic carbocycles. The van der Waals surface area contributed by atoms with Gasteiger partial charge in [0.05, 0.1) is 0 Å². The van der Waals surface area contributed by atoms with Crippen molar-refractivity contribution >= 4 is 15.8 Å². The van der Waals surface area contributed by atoms with Gasteiger partial charge in [-0.1, -0.05) is 6.07 Å². The van der Waals surface area contributed by atoms with Gasteiger partial charge in [-0.2, -0.15) is 0 Å². The van der Waals surface area contributed by atoms with Crippen LogP contribution >= 0.6 is 15.8 Å². The topological polar surface area (TPSA) is 0 Å². The van der Waals surface area contributed by atoms with Gasteiger partial charge in [0.25, 0.3) is 0 Å². The Labute approximate surface area is 110 Å². The summed E-state index contributed by atoms with van der Waals surface area (Å²) in [6, 6.07) is 2.40. The summed E-state index contributed by atoms with van der Waals surface area (Å²) in [5.41, 5.74) is 7.82. The minimum absolute atomic E-state index is 0.154. The van der Waals surface area contributed by atoms with Crippen LogP contribution in [0.2, 0.25) is 0 Å². The first kappa shape index (κ1) is 15.1. The summed E-state index contributed by atoms with van der Waals surface area (Å²) >= 11 is 0. The molecule has 96 valence electrons. The van der Waals surface area contributed by atoms with Crippen LogP contribution in [0.5, 0.6) is 0 Å². The van der Waals surface area contributed by atoms with E-state index in [0.29, 0.717) is 0 Å². The zero-order valence-electron chi connectivity index (χ0n) is 12.4. The van der Waals surface area contributed by atoms with Gasteiger partial charge >= 0.3 is 0 Å². The lowest BCUT2D eigenvalue weighted by Gasteiger charge is -2.20. The second kappa shape index (κ2) is 6.31. The summed E-state index contributed by atoms with van der Waals surface area (Å²) in [5, 5.41) is 0. The minimum Gasteiger partial charge on any atom is -0.109 e. The van der Waals surface area contributed by atoms with Crippen molar-refractivity contribution < 1.29 is 0 Å². The zero-order chi connectivity index (χ0) is 13.2. The van der Waals surface area contributed by atoms with E-state index in [0.717, 1.165) is 0 Å². The van der Waals surface area contributed by atoms with Gasteiger partial charge in [0, 0.05) is 0 Å². The van der Waals surface area contributed by atoms with E-state index in [4.69, 9.17) is 0 Å². The minimum atomic E-state index is 0.154. The molecule has 0 saturated carbocycles. The van der Waals surface area contributed by atoms with Crippen molar-refractivity contribution in [1.29, 1.82) is 0 Å². The normalized spacial score (nSPS) is 11.6. The summed E-state index contributed by atoms with van der Waals surface area (Å²) in [7, 11) is 0.308. The standard InChI is InChI=1S/C15H26P2/c1-11-8-12(2)15(10-17(6)7)13(3)14(11)9-16(4)5/h8H,9-10H2,1-7H3. The molecule has 0 atom stereocenters. The highest BCUT2D eigenvalue weighted by Gasteiger charge is 2.12. The molecule has 0 fully saturated rings. The van der Waals surface area contributed by atoms with E-state index in [1.54, 1.807) is 16.7 Å². The monoisotopic (exact) mass is 268 g/mol.